The Hall–Kier alpha value is -2.98. The fraction of sp³-hybridized carbons (Fsp3) is 0.278. The van der Waals surface area contributed by atoms with Crippen molar-refractivity contribution in [1.29, 1.82) is 0 Å². The molecule has 0 fully saturated rings. The van der Waals surface area contributed by atoms with Gasteiger partial charge >= 0.3 is 0 Å². The van der Waals surface area contributed by atoms with Crippen LogP contribution in [0.3, 0.4) is 0 Å². The molecule has 1 amide bonds. The number of benzene rings is 2. The molecule has 2 rings (SSSR count). The van der Waals surface area contributed by atoms with Gasteiger partial charge in [-0.1, -0.05) is 29.8 Å². The Balaban J connectivity index is 2.03. The zero-order chi connectivity index (χ0) is 20.9. The minimum atomic E-state index is -4.08. The van der Waals surface area contributed by atoms with Crippen LogP contribution in [0.5, 0.6) is 0 Å². The van der Waals surface area contributed by atoms with Crippen molar-refractivity contribution in [3.05, 3.63) is 63.7 Å². The third-order valence-electron chi connectivity index (χ3n) is 3.97. The van der Waals surface area contributed by atoms with Crippen LogP contribution in [0.4, 0.5) is 11.4 Å². The average molecular weight is 406 g/mol. The minimum absolute atomic E-state index is 0.268. The van der Waals surface area contributed by atoms with E-state index in [9.17, 15) is 23.3 Å². The highest BCUT2D eigenvalue weighted by Crippen LogP contribution is 2.29. The molecule has 0 aliphatic carbocycles. The first-order chi connectivity index (χ1) is 13.1. The van der Waals surface area contributed by atoms with Crippen molar-refractivity contribution >= 4 is 27.3 Å². The molecule has 0 heterocycles. The Morgan fingerprint density at radius 2 is 1.79 bits per heavy atom. The zero-order valence-electron chi connectivity index (χ0n) is 15.8. The number of amides is 1. The first kappa shape index (κ1) is 21.3. The molecule has 0 aromatic heterocycles. The highest BCUT2D eigenvalue weighted by atomic mass is 32.2. The number of nitrogens with zero attached hydrogens (tertiary/aromatic N) is 2. The third-order valence-corrected chi connectivity index (χ3v) is 5.37. The molecule has 0 spiro atoms. The monoisotopic (exact) mass is 406 g/mol. The van der Waals surface area contributed by atoms with Gasteiger partial charge in [-0.15, -0.1) is 0 Å². The summed E-state index contributed by atoms with van der Waals surface area (Å²) in [6.07, 6.45) is 0. The second kappa shape index (κ2) is 8.81. The lowest BCUT2D eigenvalue weighted by Crippen LogP contribution is -2.36. The van der Waals surface area contributed by atoms with Gasteiger partial charge in [0.1, 0.15) is 5.69 Å². The van der Waals surface area contributed by atoms with Crippen LogP contribution in [0.15, 0.2) is 47.4 Å². The molecule has 10 heteroatoms. The summed E-state index contributed by atoms with van der Waals surface area (Å²) in [6, 6.07) is 11.1. The SMILES string of the molecule is Cc1ccc(CNC(=O)CNS(=O)(=O)c2ccc(N(C)C)c([N+](=O)[O-])c2)cc1. The predicted octanol–water partition coefficient (Wildman–Crippen LogP) is 1.56. The topological polar surface area (TPSA) is 122 Å². The van der Waals surface area contributed by atoms with Crippen molar-refractivity contribution < 1.29 is 18.1 Å². The molecule has 0 atom stereocenters. The quantitative estimate of drug-likeness (QED) is 0.507. The summed E-state index contributed by atoms with van der Waals surface area (Å²) in [5.41, 5.74) is 1.92. The zero-order valence-corrected chi connectivity index (χ0v) is 16.6. The Bertz CT molecular complexity index is 972. The van der Waals surface area contributed by atoms with E-state index < -0.39 is 27.4 Å². The van der Waals surface area contributed by atoms with E-state index in [1.54, 1.807) is 14.1 Å². The van der Waals surface area contributed by atoms with E-state index in [1.807, 2.05) is 31.2 Å². The van der Waals surface area contributed by atoms with E-state index in [0.29, 0.717) is 0 Å². The Morgan fingerprint density at radius 1 is 1.14 bits per heavy atom. The summed E-state index contributed by atoms with van der Waals surface area (Å²) in [5.74, 6) is -0.511. The molecule has 2 N–H and O–H groups in total. The lowest BCUT2D eigenvalue weighted by molar-refractivity contribution is -0.384. The van der Waals surface area contributed by atoms with Crippen molar-refractivity contribution in [2.45, 2.75) is 18.4 Å². The molecule has 2 aromatic rings. The second-order valence-corrected chi connectivity index (χ2v) is 8.16. The lowest BCUT2D eigenvalue weighted by Gasteiger charge is -2.14. The normalized spacial score (nSPS) is 11.1. The van der Waals surface area contributed by atoms with Gasteiger partial charge in [0, 0.05) is 26.7 Å². The van der Waals surface area contributed by atoms with Crippen LogP contribution in [0.25, 0.3) is 0 Å². The van der Waals surface area contributed by atoms with Gasteiger partial charge in [0.05, 0.1) is 16.4 Å². The van der Waals surface area contributed by atoms with Crippen LogP contribution in [-0.2, 0) is 21.4 Å². The number of hydrogen-bond acceptors (Lipinski definition) is 6. The number of rotatable bonds is 8. The largest absolute Gasteiger partial charge is 0.372 e. The molecule has 0 radical (unpaired) electrons. The molecule has 0 bridgehead atoms. The van der Waals surface area contributed by atoms with Crippen LogP contribution < -0.4 is 14.9 Å². The highest BCUT2D eigenvalue weighted by Gasteiger charge is 2.22. The predicted molar refractivity (Wildman–Crippen MR) is 106 cm³/mol. The number of aryl methyl sites for hydroxylation is 1. The number of nitro benzene ring substituents is 1. The van der Waals surface area contributed by atoms with Gasteiger partial charge in [0.2, 0.25) is 15.9 Å². The number of nitrogens with one attached hydrogen (secondary N) is 2. The molecule has 0 aliphatic rings. The van der Waals surface area contributed by atoms with Crippen LogP contribution >= 0.6 is 0 Å². The van der Waals surface area contributed by atoms with Gasteiger partial charge in [-0.3, -0.25) is 14.9 Å². The number of sulfonamides is 1. The molecule has 28 heavy (non-hydrogen) atoms. The van der Waals surface area contributed by atoms with E-state index in [1.165, 1.54) is 17.0 Å². The van der Waals surface area contributed by atoms with Crippen molar-refractivity contribution in [2.75, 3.05) is 25.5 Å². The standard InChI is InChI=1S/C18H22N4O5S/c1-13-4-6-14(7-5-13)11-19-18(23)12-20-28(26,27)15-8-9-16(21(2)3)17(10-15)22(24)25/h4-10,20H,11-12H2,1-3H3,(H,19,23). The van der Waals surface area contributed by atoms with E-state index in [0.717, 1.165) is 17.2 Å². The second-order valence-electron chi connectivity index (χ2n) is 6.39. The number of anilines is 1. The molecule has 9 nitrogen and oxygen atoms in total. The van der Waals surface area contributed by atoms with Gasteiger partial charge in [0.15, 0.2) is 0 Å². The summed E-state index contributed by atoms with van der Waals surface area (Å²) in [4.78, 5) is 23.7. The van der Waals surface area contributed by atoms with E-state index in [4.69, 9.17) is 0 Å². The van der Waals surface area contributed by atoms with Gasteiger partial charge in [0.25, 0.3) is 5.69 Å². The molecule has 0 saturated carbocycles. The highest BCUT2D eigenvalue weighted by molar-refractivity contribution is 7.89. The molecular weight excluding hydrogens is 384 g/mol. The molecule has 0 aliphatic heterocycles. The summed E-state index contributed by atoms with van der Waals surface area (Å²) in [6.45, 7) is 1.74. The van der Waals surface area contributed by atoms with Crippen molar-refractivity contribution in [2.24, 2.45) is 0 Å². The molecule has 150 valence electrons. The Labute approximate surface area is 163 Å². The van der Waals surface area contributed by atoms with Crippen molar-refractivity contribution in [3.63, 3.8) is 0 Å². The lowest BCUT2D eigenvalue weighted by atomic mass is 10.1. The fourth-order valence-corrected chi connectivity index (χ4v) is 3.41. The number of nitro groups is 1. The van der Waals surface area contributed by atoms with Gasteiger partial charge in [-0.05, 0) is 24.6 Å². The molecule has 0 unspecified atom stereocenters. The summed E-state index contributed by atoms with van der Waals surface area (Å²) in [5, 5.41) is 13.8. The summed E-state index contributed by atoms with van der Waals surface area (Å²) in [7, 11) is -0.840. The van der Waals surface area contributed by atoms with Crippen LogP contribution in [0.1, 0.15) is 11.1 Å². The number of carbonyl (C=O) groups excluding carboxylic acids is 1. The summed E-state index contributed by atoms with van der Waals surface area (Å²) < 4.78 is 26.9. The van der Waals surface area contributed by atoms with E-state index in [-0.39, 0.29) is 22.8 Å². The number of hydrogen-bond donors (Lipinski definition) is 2. The Morgan fingerprint density at radius 3 is 2.36 bits per heavy atom. The van der Waals surface area contributed by atoms with Gasteiger partial charge in [-0.25, -0.2) is 13.1 Å². The third kappa shape index (κ3) is 5.51. The fourth-order valence-electron chi connectivity index (χ4n) is 2.41. The van der Waals surface area contributed by atoms with E-state index in [2.05, 4.69) is 10.0 Å². The number of carbonyl (C=O) groups is 1. The van der Waals surface area contributed by atoms with Crippen LogP contribution in [0, 0.1) is 17.0 Å². The maximum absolute atomic E-state index is 12.4. The van der Waals surface area contributed by atoms with Gasteiger partial charge in [-0.2, -0.15) is 0 Å². The smallest absolute Gasteiger partial charge is 0.293 e. The molecule has 2 aromatic carbocycles. The van der Waals surface area contributed by atoms with Crippen LogP contribution in [-0.4, -0.2) is 39.9 Å². The van der Waals surface area contributed by atoms with Crippen molar-refractivity contribution in [3.8, 4) is 0 Å². The molecule has 0 saturated heterocycles. The maximum atomic E-state index is 12.4. The first-order valence-corrected chi connectivity index (χ1v) is 9.86. The maximum Gasteiger partial charge on any atom is 0.293 e. The minimum Gasteiger partial charge on any atom is -0.372 e. The average Bonchev–Trinajstić information content (AvgIpc) is 2.65. The van der Waals surface area contributed by atoms with Crippen molar-refractivity contribution in [1.82, 2.24) is 10.0 Å². The molecular formula is C18H22N4O5S. The first-order valence-electron chi connectivity index (χ1n) is 8.38. The van der Waals surface area contributed by atoms with E-state index >= 15 is 0 Å². The summed E-state index contributed by atoms with van der Waals surface area (Å²) >= 11 is 0. The Kier molecular flexibility index (Phi) is 6.71. The van der Waals surface area contributed by atoms with Gasteiger partial charge < -0.3 is 10.2 Å². The van der Waals surface area contributed by atoms with Crippen LogP contribution in [0.2, 0.25) is 0 Å².